The van der Waals surface area contributed by atoms with E-state index < -0.39 is 0 Å². The van der Waals surface area contributed by atoms with Crippen LogP contribution in [0.2, 0.25) is 0 Å². The Hall–Kier alpha value is 0.0500. The van der Waals surface area contributed by atoms with Gasteiger partial charge in [0.05, 0.1) is 0 Å². The van der Waals surface area contributed by atoms with Crippen molar-refractivity contribution in [1.29, 1.82) is 0 Å². The van der Waals surface area contributed by atoms with Gasteiger partial charge in [0, 0.05) is 9.37 Å². The highest BCUT2D eigenvalue weighted by Gasteiger charge is 1.94. The van der Waals surface area contributed by atoms with Gasteiger partial charge in [-0.1, -0.05) is 22.9 Å². The molecule has 0 fully saturated rings. The van der Waals surface area contributed by atoms with E-state index in [9.17, 15) is 0 Å². The average Bonchev–Trinajstić information content (AvgIpc) is 1.85. The predicted octanol–water partition coefficient (Wildman–Crippen LogP) is 3.87. The lowest BCUT2D eigenvalue weighted by Crippen LogP contribution is -1.76. The number of benzene rings is 1. The van der Waals surface area contributed by atoms with Crippen LogP contribution in [0.4, 0.5) is 0 Å². The van der Waals surface area contributed by atoms with Crippen LogP contribution in [0.5, 0.6) is 0 Å². The number of rotatable bonds is 2. The number of halogens is 1. The summed E-state index contributed by atoms with van der Waals surface area (Å²) < 4.78 is 1.17. The Balaban J connectivity index is 2.89. The molecule has 0 saturated carbocycles. The minimum atomic E-state index is 1.13. The van der Waals surface area contributed by atoms with Crippen LogP contribution in [0.25, 0.3) is 0 Å². The Labute approximate surface area is 80.5 Å². The van der Waals surface area contributed by atoms with Gasteiger partial charge in [0.15, 0.2) is 0 Å². The van der Waals surface area contributed by atoms with Gasteiger partial charge in [-0.3, -0.25) is 0 Å². The standard InChI is InChI=1S/C9H11BrS/c1-3-11-9-5-7(2)4-8(10)6-9/h4-6H,3H2,1-2H3. The van der Waals surface area contributed by atoms with Crippen LogP contribution in [0.15, 0.2) is 27.6 Å². The summed E-state index contributed by atoms with van der Waals surface area (Å²) in [5, 5.41) is 0. The molecular formula is C9H11BrS. The van der Waals surface area contributed by atoms with E-state index in [1.54, 1.807) is 0 Å². The zero-order valence-corrected chi connectivity index (χ0v) is 9.13. The third-order valence-corrected chi connectivity index (χ3v) is 2.64. The SMILES string of the molecule is CCSc1cc(C)cc(Br)c1. The highest BCUT2D eigenvalue weighted by Crippen LogP contribution is 2.23. The van der Waals surface area contributed by atoms with E-state index in [4.69, 9.17) is 0 Å². The van der Waals surface area contributed by atoms with Crippen LogP contribution in [-0.4, -0.2) is 5.75 Å². The molecule has 0 bridgehead atoms. The summed E-state index contributed by atoms with van der Waals surface area (Å²) >= 11 is 5.34. The first-order valence-corrected chi connectivity index (χ1v) is 5.40. The summed E-state index contributed by atoms with van der Waals surface area (Å²) in [6.45, 7) is 4.28. The number of thioether (sulfide) groups is 1. The van der Waals surface area contributed by atoms with Gasteiger partial charge in [-0.2, -0.15) is 0 Å². The van der Waals surface area contributed by atoms with E-state index in [1.165, 1.54) is 14.9 Å². The van der Waals surface area contributed by atoms with Crippen LogP contribution in [0, 0.1) is 6.92 Å². The lowest BCUT2D eigenvalue weighted by atomic mass is 10.2. The van der Waals surface area contributed by atoms with Gasteiger partial charge in [-0.15, -0.1) is 11.8 Å². The molecule has 1 aromatic carbocycles. The molecule has 1 rings (SSSR count). The molecule has 1 aromatic rings. The maximum Gasteiger partial charge on any atom is 0.0189 e. The molecule has 0 aliphatic carbocycles. The van der Waals surface area contributed by atoms with Gasteiger partial charge < -0.3 is 0 Å². The fourth-order valence-electron chi connectivity index (χ4n) is 0.953. The van der Waals surface area contributed by atoms with E-state index in [0.29, 0.717) is 0 Å². The molecule has 0 amide bonds. The van der Waals surface area contributed by atoms with Gasteiger partial charge in [-0.05, 0) is 36.4 Å². The molecule has 0 N–H and O–H groups in total. The van der Waals surface area contributed by atoms with Crippen molar-refractivity contribution in [2.75, 3.05) is 5.75 Å². The molecule has 0 unspecified atom stereocenters. The first kappa shape index (κ1) is 9.14. The highest BCUT2D eigenvalue weighted by molar-refractivity contribution is 9.10. The smallest absolute Gasteiger partial charge is 0.0189 e. The Bertz CT molecular complexity index is 225. The van der Waals surface area contributed by atoms with E-state index in [-0.39, 0.29) is 0 Å². The predicted molar refractivity (Wildman–Crippen MR) is 55.3 cm³/mol. The Morgan fingerprint density at radius 1 is 1.36 bits per heavy atom. The molecule has 0 aliphatic rings. The van der Waals surface area contributed by atoms with Crippen LogP contribution in [-0.2, 0) is 0 Å². The summed E-state index contributed by atoms with van der Waals surface area (Å²) in [6, 6.07) is 6.49. The van der Waals surface area contributed by atoms with Crippen molar-refractivity contribution < 1.29 is 0 Å². The summed E-state index contributed by atoms with van der Waals surface area (Å²) in [4.78, 5) is 1.35. The summed E-state index contributed by atoms with van der Waals surface area (Å²) in [6.07, 6.45) is 0. The molecule has 2 heteroatoms. The van der Waals surface area contributed by atoms with Crippen LogP contribution in [0.1, 0.15) is 12.5 Å². The molecule has 0 saturated heterocycles. The molecule has 0 atom stereocenters. The Morgan fingerprint density at radius 3 is 2.64 bits per heavy atom. The summed E-state index contributed by atoms with van der Waals surface area (Å²) in [5.74, 6) is 1.13. The molecule has 0 nitrogen and oxygen atoms in total. The molecule has 0 heterocycles. The minimum absolute atomic E-state index is 1.13. The summed E-state index contributed by atoms with van der Waals surface area (Å²) in [5.41, 5.74) is 1.32. The van der Waals surface area contributed by atoms with Crippen molar-refractivity contribution in [3.8, 4) is 0 Å². The monoisotopic (exact) mass is 230 g/mol. The second kappa shape index (κ2) is 4.17. The quantitative estimate of drug-likeness (QED) is 0.696. The van der Waals surface area contributed by atoms with Crippen LogP contribution >= 0.6 is 27.7 Å². The second-order valence-corrected chi connectivity index (χ2v) is 4.65. The van der Waals surface area contributed by atoms with Crippen molar-refractivity contribution in [2.24, 2.45) is 0 Å². The molecular weight excluding hydrogens is 220 g/mol. The van der Waals surface area contributed by atoms with Crippen LogP contribution < -0.4 is 0 Å². The molecule has 11 heavy (non-hydrogen) atoms. The molecule has 0 aromatic heterocycles. The molecule has 60 valence electrons. The Morgan fingerprint density at radius 2 is 2.09 bits per heavy atom. The summed E-state index contributed by atoms with van der Waals surface area (Å²) in [7, 11) is 0. The van der Waals surface area contributed by atoms with Crippen molar-refractivity contribution >= 4 is 27.7 Å². The highest BCUT2D eigenvalue weighted by atomic mass is 79.9. The third kappa shape index (κ3) is 2.88. The number of hydrogen-bond acceptors (Lipinski definition) is 1. The minimum Gasteiger partial charge on any atom is -0.126 e. The number of aryl methyl sites for hydroxylation is 1. The van der Waals surface area contributed by atoms with Gasteiger partial charge in [-0.25, -0.2) is 0 Å². The van der Waals surface area contributed by atoms with Gasteiger partial charge in [0.1, 0.15) is 0 Å². The maximum absolute atomic E-state index is 3.47. The average molecular weight is 231 g/mol. The third-order valence-electron chi connectivity index (χ3n) is 1.33. The fraction of sp³-hybridized carbons (Fsp3) is 0.333. The second-order valence-electron chi connectivity index (χ2n) is 2.40. The van der Waals surface area contributed by atoms with E-state index in [0.717, 1.165) is 5.75 Å². The molecule has 0 radical (unpaired) electrons. The maximum atomic E-state index is 3.47. The van der Waals surface area contributed by atoms with Crippen molar-refractivity contribution in [3.63, 3.8) is 0 Å². The normalized spacial score (nSPS) is 10.1. The van der Waals surface area contributed by atoms with E-state index in [1.807, 2.05) is 11.8 Å². The van der Waals surface area contributed by atoms with Gasteiger partial charge in [0.25, 0.3) is 0 Å². The number of hydrogen-bond donors (Lipinski definition) is 0. The molecule has 0 aliphatic heterocycles. The largest absolute Gasteiger partial charge is 0.126 e. The van der Waals surface area contributed by atoms with Crippen molar-refractivity contribution in [1.82, 2.24) is 0 Å². The fourth-order valence-corrected chi connectivity index (χ4v) is 2.52. The van der Waals surface area contributed by atoms with Gasteiger partial charge >= 0.3 is 0 Å². The lowest BCUT2D eigenvalue weighted by molar-refractivity contribution is 1.33. The van der Waals surface area contributed by atoms with Crippen LogP contribution in [0.3, 0.4) is 0 Å². The topological polar surface area (TPSA) is 0 Å². The van der Waals surface area contributed by atoms with E-state index in [2.05, 4.69) is 48.0 Å². The Kier molecular flexibility index (Phi) is 3.46. The first-order valence-electron chi connectivity index (χ1n) is 3.62. The first-order chi connectivity index (χ1) is 5.22. The zero-order valence-electron chi connectivity index (χ0n) is 6.73. The van der Waals surface area contributed by atoms with Crippen molar-refractivity contribution in [3.05, 3.63) is 28.2 Å². The van der Waals surface area contributed by atoms with Gasteiger partial charge in [0.2, 0.25) is 0 Å². The molecule has 0 spiro atoms. The van der Waals surface area contributed by atoms with E-state index >= 15 is 0 Å². The zero-order chi connectivity index (χ0) is 8.27. The lowest BCUT2D eigenvalue weighted by Gasteiger charge is -2.00. The van der Waals surface area contributed by atoms with Crippen molar-refractivity contribution in [2.45, 2.75) is 18.7 Å².